The van der Waals surface area contributed by atoms with Crippen LogP contribution in [-0.4, -0.2) is 37.5 Å². The van der Waals surface area contributed by atoms with Crippen LogP contribution in [-0.2, 0) is 4.79 Å². The molecule has 0 atom stereocenters. The molecule has 0 saturated heterocycles. The van der Waals surface area contributed by atoms with Crippen molar-refractivity contribution in [2.45, 2.75) is 12.1 Å². The highest BCUT2D eigenvalue weighted by Gasteiger charge is 2.12. The largest absolute Gasteiger partial charge is 0.411 e. The minimum absolute atomic E-state index is 0.0929. The molecule has 4 N–H and O–H groups in total. The molecular formula is C20H17N5O3S. The van der Waals surface area contributed by atoms with Crippen molar-refractivity contribution in [3.05, 3.63) is 64.4 Å². The molecule has 0 fully saturated rings. The molecular weight excluding hydrogens is 390 g/mol. The van der Waals surface area contributed by atoms with Gasteiger partial charge in [0.25, 0.3) is 5.56 Å². The van der Waals surface area contributed by atoms with Crippen LogP contribution < -0.4 is 10.9 Å². The highest BCUT2D eigenvalue weighted by molar-refractivity contribution is 7.99. The molecule has 0 aliphatic heterocycles. The van der Waals surface area contributed by atoms with Gasteiger partial charge in [0.15, 0.2) is 5.16 Å². The first kappa shape index (κ1) is 18.8. The van der Waals surface area contributed by atoms with Crippen molar-refractivity contribution in [2.75, 3.05) is 11.1 Å². The molecule has 9 heteroatoms. The summed E-state index contributed by atoms with van der Waals surface area (Å²) in [6, 6.07) is 14.5. The smallest absolute Gasteiger partial charge is 0.275 e. The summed E-state index contributed by atoms with van der Waals surface area (Å²) in [6.07, 6.45) is 0. The topological polar surface area (TPSA) is 123 Å². The maximum absolute atomic E-state index is 12.3. The van der Waals surface area contributed by atoms with Crippen molar-refractivity contribution in [1.29, 1.82) is 0 Å². The van der Waals surface area contributed by atoms with E-state index in [0.717, 1.165) is 28.2 Å². The maximum atomic E-state index is 12.3. The van der Waals surface area contributed by atoms with Crippen LogP contribution in [0.3, 0.4) is 0 Å². The average Bonchev–Trinajstić information content (AvgIpc) is 3.12. The van der Waals surface area contributed by atoms with Crippen molar-refractivity contribution < 1.29 is 10.0 Å². The molecule has 2 heterocycles. The summed E-state index contributed by atoms with van der Waals surface area (Å²) in [5.41, 5.74) is 3.44. The van der Waals surface area contributed by atoms with Gasteiger partial charge in [-0.2, -0.15) is 0 Å². The number of para-hydroxylation sites is 1. The first-order valence-electron chi connectivity index (χ1n) is 8.77. The van der Waals surface area contributed by atoms with Gasteiger partial charge < -0.3 is 15.5 Å². The Labute approximate surface area is 169 Å². The van der Waals surface area contributed by atoms with Gasteiger partial charge in [0.05, 0.1) is 11.5 Å². The van der Waals surface area contributed by atoms with Gasteiger partial charge in [0.2, 0.25) is 5.91 Å². The fourth-order valence-corrected chi connectivity index (χ4v) is 3.61. The van der Waals surface area contributed by atoms with Crippen LogP contribution in [0.15, 0.2) is 63.6 Å². The van der Waals surface area contributed by atoms with Crippen LogP contribution in [0.25, 0.3) is 21.9 Å². The van der Waals surface area contributed by atoms with E-state index in [4.69, 9.17) is 5.21 Å². The number of thioether (sulfide) groups is 1. The van der Waals surface area contributed by atoms with E-state index in [0.29, 0.717) is 27.6 Å². The minimum Gasteiger partial charge on any atom is -0.411 e. The summed E-state index contributed by atoms with van der Waals surface area (Å²) in [5.74, 6) is -0.132. The summed E-state index contributed by atoms with van der Waals surface area (Å²) < 4.78 is 0. The number of oxime groups is 1. The SMILES string of the molecule is C/C(=N\O)c1ccc(NC(=O)CSc2nc3c([nH]c4ccccc43)c(=O)[nH]2)cc1. The lowest BCUT2D eigenvalue weighted by atomic mass is 10.1. The Bertz CT molecular complexity index is 1290. The van der Waals surface area contributed by atoms with Gasteiger partial charge in [-0.15, -0.1) is 0 Å². The Morgan fingerprint density at radius 3 is 2.69 bits per heavy atom. The average molecular weight is 407 g/mol. The van der Waals surface area contributed by atoms with E-state index >= 15 is 0 Å². The van der Waals surface area contributed by atoms with E-state index in [1.807, 2.05) is 24.3 Å². The van der Waals surface area contributed by atoms with Gasteiger partial charge in [-0.1, -0.05) is 47.2 Å². The molecule has 29 heavy (non-hydrogen) atoms. The fraction of sp³-hybridized carbons (Fsp3) is 0.100. The lowest BCUT2D eigenvalue weighted by Gasteiger charge is -2.06. The van der Waals surface area contributed by atoms with E-state index < -0.39 is 0 Å². The number of nitrogens with one attached hydrogen (secondary N) is 3. The molecule has 2 aromatic heterocycles. The van der Waals surface area contributed by atoms with Crippen LogP contribution in [0.2, 0.25) is 0 Å². The zero-order valence-electron chi connectivity index (χ0n) is 15.4. The van der Waals surface area contributed by atoms with Gasteiger partial charge in [-0.25, -0.2) is 4.98 Å². The molecule has 0 aliphatic carbocycles. The predicted molar refractivity (Wildman–Crippen MR) is 114 cm³/mol. The second kappa shape index (κ2) is 7.80. The molecule has 0 spiro atoms. The van der Waals surface area contributed by atoms with Crippen LogP contribution in [0.5, 0.6) is 0 Å². The molecule has 0 radical (unpaired) electrons. The Morgan fingerprint density at radius 1 is 1.17 bits per heavy atom. The second-order valence-electron chi connectivity index (χ2n) is 6.36. The molecule has 4 rings (SSSR count). The number of rotatable bonds is 5. The number of anilines is 1. The number of aromatic nitrogens is 3. The van der Waals surface area contributed by atoms with Gasteiger partial charge in [-0.3, -0.25) is 14.6 Å². The zero-order chi connectivity index (χ0) is 20.4. The quantitative estimate of drug-likeness (QED) is 0.133. The third-order valence-electron chi connectivity index (χ3n) is 4.42. The van der Waals surface area contributed by atoms with E-state index in [-0.39, 0.29) is 17.2 Å². The van der Waals surface area contributed by atoms with E-state index in [1.54, 1.807) is 31.2 Å². The van der Waals surface area contributed by atoms with Crippen LogP contribution >= 0.6 is 11.8 Å². The van der Waals surface area contributed by atoms with Crippen molar-refractivity contribution in [2.24, 2.45) is 5.16 Å². The Hall–Kier alpha value is -3.59. The fourth-order valence-electron chi connectivity index (χ4n) is 2.95. The van der Waals surface area contributed by atoms with Crippen molar-refractivity contribution in [3.63, 3.8) is 0 Å². The summed E-state index contributed by atoms with van der Waals surface area (Å²) in [5, 5.41) is 16.0. The lowest BCUT2D eigenvalue weighted by molar-refractivity contribution is -0.113. The van der Waals surface area contributed by atoms with Crippen LogP contribution in [0.1, 0.15) is 12.5 Å². The number of aromatic amines is 2. The molecule has 0 saturated carbocycles. The highest BCUT2D eigenvalue weighted by Crippen LogP contribution is 2.23. The first-order valence-corrected chi connectivity index (χ1v) is 9.76. The Balaban J connectivity index is 1.47. The summed E-state index contributed by atoms with van der Waals surface area (Å²) >= 11 is 1.16. The van der Waals surface area contributed by atoms with Crippen molar-refractivity contribution in [1.82, 2.24) is 15.0 Å². The minimum atomic E-state index is -0.273. The number of hydrogen-bond donors (Lipinski definition) is 4. The maximum Gasteiger partial charge on any atom is 0.275 e. The lowest BCUT2D eigenvalue weighted by Crippen LogP contribution is -2.15. The normalized spacial score (nSPS) is 11.8. The number of H-pyrrole nitrogens is 2. The third-order valence-corrected chi connectivity index (χ3v) is 5.29. The molecule has 0 unspecified atom stereocenters. The van der Waals surface area contributed by atoms with Crippen molar-refractivity contribution in [3.8, 4) is 0 Å². The molecule has 146 valence electrons. The van der Waals surface area contributed by atoms with Gasteiger partial charge in [0, 0.05) is 16.6 Å². The summed E-state index contributed by atoms with van der Waals surface area (Å²) in [4.78, 5) is 34.9. The Morgan fingerprint density at radius 2 is 1.93 bits per heavy atom. The molecule has 1 amide bonds. The van der Waals surface area contributed by atoms with Crippen molar-refractivity contribution >= 4 is 51.0 Å². The van der Waals surface area contributed by atoms with E-state index in [9.17, 15) is 9.59 Å². The zero-order valence-corrected chi connectivity index (χ0v) is 16.2. The number of nitrogens with zero attached hydrogens (tertiary/aromatic N) is 2. The second-order valence-corrected chi connectivity index (χ2v) is 7.33. The highest BCUT2D eigenvalue weighted by atomic mass is 32.2. The monoisotopic (exact) mass is 407 g/mol. The molecule has 2 aromatic carbocycles. The number of hydrogen-bond acceptors (Lipinski definition) is 6. The standard InChI is InChI=1S/C20H17N5O3S/c1-11(25-28)12-6-8-13(9-7-12)21-16(26)10-29-20-23-17-14-4-2-3-5-15(14)22-18(17)19(27)24-20/h2-9,22,28H,10H2,1H3,(H,21,26)(H,23,24,27)/b25-11+. The van der Waals surface area contributed by atoms with Crippen LogP contribution in [0.4, 0.5) is 5.69 Å². The van der Waals surface area contributed by atoms with E-state index in [2.05, 4.69) is 25.4 Å². The number of amides is 1. The summed E-state index contributed by atoms with van der Waals surface area (Å²) in [6.45, 7) is 1.68. The number of fused-ring (bicyclic) bond motifs is 3. The summed E-state index contributed by atoms with van der Waals surface area (Å²) in [7, 11) is 0. The molecule has 0 bridgehead atoms. The number of carbonyl (C=O) groups is 1. The first-order chi connectivity index (χ1) is 14.0. The van der Waals surface area contributed by atoms with Crippen LogP contribution in [0, 0.1) is 0 Å². The molecule has 0 aliphatic rings. The third kappa shape index (κ3) is 3.85. The van der Waals surface area contributed by atoms with Gasteiger partial charge >= 0.3 is 0 Å². The number of benzene rings is 2. The Kier molecular flexibility index (Phi) is 5.05. The van der Waals surface area contributed by atoms with Gasteiger partial charge in [-0.05, 0) is 30.7 Å². The predicted octanol–water partition coefficient (Wildman–Crippen LogP) is 3.33. The molecule has 4 aromatic rings. The van der Waals surface area contributed by atoms with E-state index in [1.165, 1.54) is 0 Å². The number of carbonyl (C=O) groups excluding carboxylic acids is 1. The molecule has 8 nitrogen and oxygen atoms in total. The van der Waals surface area contributed by atoms with Gasteiger partial charge in [0.1, 0.15) is 11.0 Å².